The summed E-state index contributed by atoms with van der Waals surface area (Å²) in [7, 11) is -1.18. The lowest BCUT2D eigenvalue weighted by atomic mass is 10.1. The van der Waals surface area contributed by atoms with Crippen LogP contribution in [0.3, 0.4) is 0 Å². The molecule has 0 aliphatic heterocycles. The molecule has 4 nitrogen and oxygen atoms in total. The lowest BCUT2D eigenvalue weighted by molar-refractivity contribution is -0.129. The normalized spacial score (nSPS) is 13.4. The molecule has 2 N–H and O–H groups in total. The van der Waals surface area contributed by atoms with Crippen LogP contribution in [-0.2, 0) is 15.6 Å². The topological polar surface area (TPSA) is 66.4 Å². The number of hydrogen-bond donors (Lipinski definition) is 2. The molecule has 1 amide bonds. The average Bonchev–Trinajstić information content (AvgIpc) is 2.55. The second-order valence-electron chi connectivity index (χ2n) is 4.58. The van der Waals surface area contributed by atoms with Crippen molar-refractivity contribution in [3.05, 3.63) is 65.2 Å². The van der Waals surface area contributed by atoms with E-state index in [1.54, 1.807) is 36.4 Å². The number of rotatable bonds is 6. The zero-order valence-corrected chi connectivity index (χ0v) is 13.3. The summed E-state index contributed by atoms with van der Waals surface area (Å²) >= 11 is 5.94. The molecule has 0 bridgehead atoms. The Bertz CT molecular complexity index is 663. The third-order valence-corrected chi connectivity index (χ3v) is 4.76. The van der Waals surface area contributed by atoms with E-state index in [9.17, 15) is 14.1 Å². The van der Waals surface area contributed by atoms with Gasteiger partial charge in [0.1, 0.15) is 0 Å². The van der Waals surface area contributed by atoms with Gasteiger partial charge in [-0.1, -0.05) is 48.0 Å². The van der Waals surface area contributed by atoms with Crippen LogP contribution in [0.4, 0.5) is 0 Å². The molecule has 2 rings (SSSR count). The molecule has 2 atom stereocenters. The van der Waals surface area contributed by atoms with Crippen LogP contribution in [0.15, 0.2) is 59.5 Å². The zero-order chi connectivity index (χ0) is 15.9. The van der Waals surface area contributed by atoms with Crippen molar-refractivity contribution in [1.29, 1.82) is 0 Å². The van der Waals surface area contributed by atoms with Crippen molar-refractivity contribution in [2.75, 3.05) is 12.3 Å². The fourth-order valence-corrected chi connectivity index (χ4v) is 3.11. The molecule has 22 heavy (non-hydrogen) atoms. The van der Waals surface area contributed by atoms with Crippen molar-refractivity contribution in [2.24, 2.45) is 0 Å². The predicted molar refractivity (Wildman–Crippen MR) is 87.1 cm³/mol. The van der Waals surface area contributed by atoms with Gasteiger partial charge in [-0.2, -0.15) is 0 Å². The zero-order valence-electron chi connectivity index (χ0n) is 11.7. The Morgan fingerprint density at radius 1 is 1.14 bits per heavy atom. The highest BCUT2D eigenvalue weighted by Gasteiger charge is 2.19. The number of amides is 1. The Kier molecular flexibility index (Phi) is 6.12. The van der Waals surface area contributed by atoms with E-state index in [1.807, 2.05) is 18.2 Å². The van der Waals surface area contributed by atoms with Gasteiger partial charge < -0.3 is 10.4 Å². The van der Waals surface area contributed by atoms with Gasteiger partial charge in [-0.3, -0.25) is 9.00 Å². The van der Waals surface area contributed by atoms with E-state index in [-0.39, 0.29) is 12.3 Å². The average molecular weight is 338 g/mol. The van der Waals surface area contributed by atoms with Gasteiger partial charge in [0.15, 0.2) is 6.10 Å². The molecule has 2 aromatic carbocycles. The van der Waals surface area contributed by atoms with E-state index < -0.39 is 22.8 Å². The molecule has 0 aromatic heterocycles. The first-order chi connectivity index (χ1) is 10.6. The standard InChI is InChI=1S/C16H16ClNO3S/c17-14-9-5-4-8-13(14)15(19)16(20)18-10-11-22(21)12-6-2-1-3-7-12/h1-9,15,19H,10-11H2,(H,18,20)/t15-,22?/m1/s1. The Hall–Kier alpha value is -1.69. The van der Waals surface area contributed by atoms with Crippen LogP contribution >= 0.6 is 11.6 Å². The molecule has 0 radical (unpaired) electrons. The number of nitrogens with one attached hydrogen (secondary N) is 1. The van der Waals surface area contributed by atoms with E-state index in [0.29, 0.717) is 15.5 Å². The lowest BCUT2D eigenvalue weighted by Crippen LogP contribution is -2.32. The van der Waals surface area contributed by atoms with E-state index in [2.05, 4.69) is 5.32 Å². The van der Waals surface area contributed by atoms with Crippen LogP contribution in [0.2, 0.25) is 5.02 Å². The second-order valence-corrected chi connectivity index (χ2v) is 6.56. The lowest BCUT2D eigenvalue weighted by Gasteiger charge is -2.12. The molecular formula is C16H16ClNO3S. The fourth-order valence-electron chi connectivity index (χ4n) is 1.89. The largest absolute Gasteiger partial charge is 0.378 e. The highest BCUT2D eigenvalue weighted by atomic mass is 35.5. The van der Waals surface area contributed by atoms with Gasteiger partial charge in [-0.05, 0) is 18.2 Å². The highest BCUT2D eigenvalue weighted by Crippen LogP contribution is 2.22. The summed E-state index contributed by atoms with van der Waals surface area (Å²) in [5, 5.41) is 12.9. The van der Waals surface area contributed by atoms with Gasteiger partial charge in [0.25, 0.3) is 5.91 Å². The molecule has 0 saturated carbocycles. The Morgan fingerprint density at radius 3 is 2.45 bits per heavy atom. The van der Waals surface area contributed by atoms with Crippen LogP contribution in [-0.4, -0.2) is 27.5 Å². The molecule has 0 saturated heterocycles. The molecule has 0 fully saturated rings. The smallest absolute Gasteiger partial charge is 0.253 e. The van der Waals surface area contributed by atoms with Crippen molar-refractivity contribution in [3.63, 3.8) is 0 Å². The second kappa shape index (κ2) is 8.08. The van der Waals surface area contributed by atoms with Crippen molar-refractivity contribution in [2.45, 2.75) is 11.0 Å². The van der Waals surface area contributed by atoms with E-state index >= 15 is 0 Å². The third-order valence-electron chi connectivity index (χ3n) is 3.04. The van der Waals surface area contributed by atoms with Crippen molar-refractivity contribution in [1.82, 2.24) is 5.32 Å². The highest BCUT2D eigenvalue weighted by molar-refractivity contribution is 7.85. The number of hydrogen-bond acceptors (Lipinski definition) is 3. The van der Waals surface area contributed by atoms with Gasteiger partial charge in [0.05, 0.1) is 10.8 Å². The number of benzene rings is 2. The summed E-state index contributed by atoms with van der Waals surface area (Å²) < 4.78 is 12.0. The van der Waals surface area contributed by atoms with Crippen LogP contribution < -0.4 is 5.32 Å². The summed E-state index contributed by atoms with van der Waals surface area (Å²) in [5.41, 5.74) is 0.353. The van der Waals surface area contributed by atoms with Gasteiger partial charge in [-0.25, -0.2) is 0 Å². The number of carbonyl (C=O) groups is 1. The van der Waals surface area contributed by atoms with Gasteiger partial charge in [-0.15, -0.1) is 0 Å². The minimum Gasteiger partial charge on any atom is -0.378 e. The van der Waals surface area contributed by atoms with E-state index in [0.717, 1.165) is 0 Å². The van der Waals surface area contributed by atoms with Gasteiger partial charge >= 0.3 is 0 Å². The Morgan fingerprint density at radius 2 is 1.77 bits per heavy atom. The minimum absolute atomic E-state index is 0.210. The predicted octanol–water partition coefficient (Wildman–Crippen LogP) is 2.30. The number of aliphatic hydroxyl groups excluding tert-OH is 1. The van der Waals surface area contributed by atoms with Crippen molar-refractivity contribution < 1.29 is 14.1 Å². The van der Waals surface area contributed by atoms with Crippen molar-refractivity contribution >= 4 is 28.3 Å². The van der Waals surface area contributed by atoms with Crippen LogP contribution in [0.5, 0.6) is 0 Å². The van der Waals surface area contributed by atoms with Gasteiger partial charge in [0.2, 0.25) is 0 Å². The quantitative estimate of drug-likeness (QED) is 0.850. The van der Waals surface area contributed by atoms with E-state index in [1.165, 1.54) is 0 Å². The van der Waals surface area contributed by atoms with Crippen molar-refractivity contribution in [3.8, 4) is 0 Å². The van der Waals surface area contributed by atoms with Crippen LogP contribution in [0.25, 0.3) is 0 Å². The monoisotopic (exact) mass is 337 g/mol. The molecule has 0 aliphatic carbocycles. The van der Waals surface area contributed by atoms with Gasteiger partial charge in [0, 0.05) is 27.8 Å². The first-order valence-corrected chi connectivity index (χ1v) is 8.43. The molecule has 0 aliphatic rings. The molecule has 0 spiro atoms. The first-order valence-electron chi connectivity index (χ1n) is 6.73. The minimum atomic E-state index is -1.33. The molecule has 116 valence electrons. The van der Waals surface area contributed by atoms with Crippen LogP contribution in [0, 0.1) is 0 Å². The number of halogens is 1. The first kappa shape index (κ1) is 16.7. The number of aliphatic hydroxyl groups is 1. The summed E-state index contributed by atoms with van der Waals surface area (Å²) in [5.74, 6) is -0.275. The molecule has 0 heterocycles. The summed E-state index contributed by atoms with van der Waals surface area (Å²) in [6.45, 7) is 0.210. The molecular weight excluding hydrogens is 322 g/mol. The van der Waals surface area contributed by atoms with E-state index in [4.69, 9.17) is 11.6 Å². The molecule has 2 aromatic rings. The summed E-state index contributed by atoms with van der Waals surface area (Å²) in [6, 6.07) is 15.6. The Balaban J connectivity index is 1.86. The Labute approximate surface area is 136 Å². The maximum absolute atomic E-state index is 12.0. The summed E-state index contributed by atoms with van der Waals surface area (Å²) in [6.07, 6.45) is -1.33. The summed E-state index contributed by atoms with van der Waals surface area (Å²) in [4.78, 5) is 12.6. The van der Waals surface area contributed by atoms with Crippen LogP contribution in [0.1, 0.15) is 11.7 Å². The maximum Gasteiger partial charge on any atom is 0.253 e. The third kappa shape index (κ3) is 4.40. The molecule has 1 unspecified atom stereocenters. The SMILES string of the molecule is O=C(NCCS(=O)c1ccccc1)[C@H](O)c1ccccc1Cl. The maximum atomic E-state index is 12.0. The number of carbonyl (C=O) groups excluding carboxylic acids is 1. The fraction of sp³-hybridized carbons (Fsp3) is 0.188. The molecule has 6 heteroatoms.